The van der Waals surface area contributed by atoms with Gasteiger partial charge in [-0.05, 0) is 30.3 Å². The Bertz CT molecular complexity index is 1360. The first-order valence-electron chi connectivity index (χ1n) is 10.4. The first-order valence-corrected chi connectivity index (χ1v) is 10.4. The van der Waals surface area contributed by atoms with Crippen molar-refractivity contribution in [2.75, 3.05) is 6.54 Å². The van der Waals surface area contributed by atoms with Crippen molar-refractivity contribution in [1.29, 1.82) is 10.5 Å². The fraction of sp³-hybridized carbons (Fsp3) is 0.160. The van der Waals surface area contributed by atoms with Gasteiger partial charge in [-0.1, -0.05) is 12.1 Å². The summed E-state index contributed by atoms with van der Waals surface area (Å²) in [5.74, 6) is 0. The number of nitriles is 2. The van der Waals surface area contributed by atoms with Gasteiger partial charge in [0, 0.05) is 67.9 Å². The quantitative estimate of drug-likeness (QED) is 0.402. The molecule has 0 unspecified atom stereocenters. The minimum Gasteiger partial charge on any atom is -0.322 e. The minimum absolute atomic E-state index is 0.600. The molecule has 0 aliphatic carbocycles. The van der Waals surface area contributed by atoms with Crippen molar-refractivity contribution in [3.63, 3.8) is 0 Å². The van der Waals surface area contributed by atoms with E-state index in [-0.39, 0.29) is 0 Å². The molecule has 5 heterocycles. The van der Waals surface area contributed by atoms with Crippen molar-refractivity contribution in [3.8, 4) is 12.1 Å². The van der Waals surface area contributed by atoms with Gasteiger partial charge in [0.1, 0.15) is 12.1 Å². The molecule has 0 fully saturated rings. The highest BCUT2D eigenvalue weighted by molar-refractivity contribution is 5.66. The minimum atomic E-state index is 0.600. The van der Waals surface area contributed by atoms with Gasteiger partial charge in [0.15, 0.2) is 0 Å². The highest BCUT2D eigenvalue weighted by Gasteiger charge is 2.18. The van der Waals surface area contributed by atoms with Crippen LogP contribution in [0.25, 0.3) is 11.0 Å². The van der Waals surface area contributed by atoms with Crippen LogP contribution in [0.2, 0.25) is 0 Å². The molecular weight excluding hydrogens is 398 g/mol. The van der Waals surface area contributed by atoms with Crippen LogP contribution in [-0.2, 0) is 19.6 Å². The van der Waals surface area contributed by atoms with Gasteiger partial charge in [-0.3, -0.25) is 9.58 Å². The van der Waals surface area contributed by atoms with E-state index in [4.69, 9.17) is 0 Å². The monoisotopic (exact) mass is 419 g/mol. The lowest BCUT2D eigenvalue weighted by Crippen LogP contribution is -2.27. The van der Waals surface area contributed by atoms with Gasteiger partial charge < -0.3 is 8.80 Å². The maximum Gasteiger partial charge on any atom is 0.102 e. The van der Waals surface area contributed by atoms with Gasteiger partial charge in [0.25, 0.3) is 0 Å². The number of fused-ring (bicyclic) bond motifs is 2. The van der Waals surface area contributed by atoms with Crippen LogP contribution in [0.1, 0.15) is 22.3 Å². The lowest BCUT2D eigenvalue weighted by molar-refractivity contribution is 0.242. The molecule has 0 N–H and O–H groups in total. The number of nitrogens with zero attached hydrogens (tertiary/aromatic N) is 7. The van der Waals surface area contributed by atoms with Crippen LogP contribution in [0.3, 0.4) is 0 Å². The maximum absolute atomic E-state index is 9.82. The van der Waals surface area contributed by atoms with Crippen molar-refractivity contribution >= 4 is 11.0 Å². The molecule has 32 heavy (non-hydrogen) atoms. The largest absolute Gasteiger partial charge is 0.322 e. The summed E-state index contributed by atoms with van der Waals surface area (Å²) in [5, 5.41) is 24.0. The molecule has 0 aliphatic heterocycles. The Hall–Kier alpha value is -4.33. The Balaban J connectivity index is 1.49. The number of pyridine rings is 2. The maximum atomic E-state index is 9.82. The Labute approximate surface area is 185 Å². The van der Waals surface area contributed by atoms with Crippen LogP contribution in [0.5, 0.6) is 0 Å². The Kier molecular flexibility index (Phi) is 5.17. The number of rotatable bonds is 7. The number of hydrogen-bond donors (Lipinski definition) is 0. The highest BCUT2D eigenvalue weighted by Crippen LogP contribution is 2.23. The van der Waals surface area contributed by atoms with Crippen molar-refractivity contribution in [3.05, 3.63) is 102 Å². The third-order valence-corrected chi connectivity index (χ3v) is 5.74. The predicted molar refractivity (Wildman–Crippen MR) is 121 cm³/mol. The van der Waals surface area contributed by atoms with Crippen molar-refractivity contribution in [1.82, 2.24) is 23.5 Å². The SMILES string of the molecule is N#Cc1c(CN(CCn2cccn2)Cc2cn3ccccc3c2C#N)cn2ccccc12. The van der Waals surface area contributed by atoms with E-state index < -0.39 is 0 Å². The highest BCUT2D eigenvalue weighted by atomic mass is 15.3. The van der Waals surface area contributed by atoms with Crippen LogP contribution < -0.4 is 0 Å². The van der Waals surface area contributed by atoms with E-state index in [1.165, 1.54) is 0 Å². The van der Waals surface area contributed by atoms with E-state index >= 15 is 0 Å². The smallest absolute Gasteiger partial charge is 0.102 e. The topological polar surface area (TPSA) is 77.5 Å². The van der Waals surface area contributed by atoms with E-state index in [2.05, 4.69) is 22.1 Å². The van der Waals surface area contributed by atoms with E-state index in [0.717, 1.165) is 35.2 Å². The molecular formula is C25H21N7. The summed E-state index contributed by atoms with van der Waals surface area (Å²) >= 11 is 0. The molecule has 7 nitrogen and oxygen atoms in total. The second-order valence-corrected chi connectivity index (χ2v) is 7.75. The zero-order valence-electron chi connectivity index (χ0n) is 17.5. The molecule has 5 aromatic heterocycles. The molecule has 0 aliphatic rings. The average Bonchev–Trinajstić information content (AvgIpc) is 3.53. The second kappa shape index (κ2) is 8.43. The normalized spacial score (nSPS) is 11.2. The molecule has 0 spiro atoms. The van der Waals surface area contributed by atoms with Crippen LogP contribution >= 0.6 is 0 Å². The molecule has 5 rings (SSSR count). The Morgan fingerprint density at radius 3 is 1.88 bits per heavy atom. The average molecular weight is 419 g/mol. The third kappa shape index (κ3) is 3.62. The van der Waals surface area contributed by atoms with E-state index in [1.807, 2.05) is 86.9 Å². The van der Waals surface area contributed by atoms with Crippen molar-refractivity contribution in [2.24, 2.45) is 0 Å². The van der Waals surface area contributed by atoms with E-state index in [1.54, 1.807) is 6.20 Å². The fourth-order valence-corrected chi connectivity index (χ4v) is 4.23. The standard InChI is InChI=1S/C25H21N7/c26-14-22-20(18-30-9-3-1-6-24(22)30)16-29(12-13-32-11-5-8-28-32)17-21-19-31-10-4-2-7-25(31)23(21)15-27/h1-11,18-19H,12-13,16-17H2. The summed E-state index contributed by atoms with van der Waals surface area (Å²) in [6.07, 6.45) is 11.7. The molecule has 5 aromatic rings. The fourth-order valence-electron chi connectivity index (χ4n) is 4.23. The van der Waals surface area contributed by atoms with Gasteiger partial charge in [-0.15, -0.1) is 0 Å². The Morgan fingerprint density at radius 1 is 0.781 bits per heavy atom. The number of aromatic nitrogens is 4. The predicted octanol–water partition coefficient (Wildman–Crippen LogP) is 3.83. The molecule has 156 valence electrons. The van der Waals surface area contributed by atoms with Crippen molar-refractivity contribution in [2.45, 2.75) is 19.6 Å². The molecule has 7 heteroatoms. The second-order valence-electron chi connectivity index (χ2n) is 7.75. The zero-order chi connectivity index (χ0) is 21.9. The summed E-state index contributed by atoms with van der Waals surface area (Å²) in [6.45, 7) is 2.65. The first kappa shape index (κ1) is 19.6. The first-order chi connectivity index (χ1) is 15.8. The van der Waals surface area contributed by atoms with Crippen LogP contribution in [0, 0.1) is 22.7 Å². The molecule has 0 aromatic carbocycles. The lowest BCUT2D eigenvalue weighted by atomic mass is 10.1. The Morgan fingerprint density at radius 2 is 1.38 bits per heavy atom. The molecule has 0 radical (unpaired) electrons. The molecule has 0 saturated carbocycles. The van der Waals surface area contributed by atoms with Gasteiger partial charge in [0.2, 0.25) is 0 Å². The van der Waals surface area contributed by atoms with Crippen LogP contribution in [0.4, 0.5) is 0 Å². The molecule has 0 amide bonds. The summed E-state index contributed by atoms with van der Waals surface area (Å²) in [5.41, 5.74) is 5.14. The van der Waals surface area contributed by atoms with Gasteiger partial charge in [-0.25, -0.2) is 0 Å². The summed E-state index contributed by atoms with van der Waals surface area (Å²) in [7, 11) is 0. The molecule has 0 bridgehead atoms. The van der Waals surface area contributed by atoms with Crippen LogP contribution in [-0.4, -0.2) is 30.0 Å². The summed E-state index contributed by atoms with van der Waals surface area (Å²) < 4.78 is 5.88. The third-order valence-electron chi connectivity index (χ3n) is 5.74. The molecule has 0 atom stereocenters. The molecule has 0 saturated heterocycles. The summed E-state index contributed by atoms with van der Waals surface area (Å²) in [4.78, 5) is 2.27. The van der Waals surface area contributed by atoms with E-state index in [0.29, 0.717) is 24.2 Å². The zero-order valence-corrected chi connectivity index (χ0v) is 17.5. The van der Waals surface area contributed by atoms with Gasteiger partial charge in [0.05, 0.1) is 28.7 Å². The van der Waals surface area contributed by atoms with Crippen LogP contribution in [0.15, 0.2) is 79.6 Å². The lowest BCUT2D eigenvalue weighted by Gasteiger charge is -2.22. The van der Waals surface area contributed by atoms with Gasteiger partial charge >= 0.3 is 0 Å². The van der Waals surface area contributed by atoms with Gasteiger partial charge in [-0.2, -0.15) is 15.6 Å². The summed E-state index contributed by atoms with van der Waals surface area (Å²) in [6, 6.07) is 18.4. The van der Waals surface area contributed by atoms with Crippen molar-refractivity contribution < 1.29 is 0 Å². The number of hydrogen-bond acceptors (Lipinski definition) is 4. The van der Waals surface area contributed by atoms with E-state index in [9.17, 15) is 10.5 Å².